The predicted octanol–water partition coefficient (Wildman–Crippen LogP) is 3.06. The van der Waals surface area contributed by atoms with Crippen LogP contribution >= 0.6 is 0 Å². The molecule has 0 aromatic heterocycles. The Balaban J connectivity index is 1.80. The molecule has 3 rings (SSSR count). The minimum absolute atomic E-state index is 0.0359. The highest BCUT2D eigenvalue weighted by Gasteiger charge is 2.48. The highest BCUT2D eigenvalue weighted by atomic mass is 16.5. The molecule has 12 heteroatoms. The Morgan fingerprint density at radius 1 is 0.848 bits per heavy atom. The molecule has 0 bridgehead atoms. The van der Waals surface area contributed by atoms with E-state index in [1.165, 1.54) is 4.90 Å². The molecule has 46 heavy (non-hydrogen) atoms. The number of amides is 5. The van der Waals surface area contributed by atoms with Crippen molar-refractivity contribution in [3.05, 3.63) is 0 Å². The van der Waals surface area contributed by atoms with Gasteiger partial charge in [-0.15, -0.1) is 0 Å². The van der Waals surface area contributed by atoms with E-state index in [9.17, 15) is 28.8 Å². The minimum atomic E-state index is -1.11. The Labute approximate surface area is 274 Å². The molecule has 2 unspecified atom stereocenters. The molecule has 12 nitrogen and oxygen atoms in total. The van der Waals surface area contributed by atoms with Crippen LogP contribution in [0.1, 0.15) is 107 Å². The summed E-state index contributed by atoms with van der Waals surface area (Å²) < 4.78 is 5.70. The molecule has 1 saturated heterocycles. The summed E-state index contributed by atoms with van der Waals surface area (Å²) in [5.41, 5.74) is 4.24. The van der Waals surface area contributed by atoms with Crippen LogP contribution in [0.25, 0.3) is 0 Å². The van der Waals surface area contributed by atoms with Crippen LogP contribution in [0.2, 0.25) is 0 Å². The molecular weight excluding hydrogens is 590 g/mol. The Kier molecular flexibility index (Phi) is 11.9. The summed E-state index contributed by atoms with van der Waals surface area (Å²) in [6, 6.07) is -4.60. The smallest absolute Gasteiger partial charge is 0.328 e. The van der Waals surface area contributed by atoms with E-state index in [0.717, 1.165) is 25.7 Å². The van der Waals surface area contributed by atoms with Crippen LogP contribution in [0.5, 0.6) is 0 Å². The van der Waals surface area contributed by atoms with E-state index in [0.29, 0.717) is 25.2 Å². The summed E-state index contributed by atoms with van der Waals surface area (Å²) in [7, 11) is 0. The van der Waals surface area contributed by atoms with E-state index in [1.807, 2.05) is 62.3 Å². The lowest BCUT2D eigenvalue weighted by molar-refractivity contribution is -0.152. The second kappa shape index (κ2) is 14.7. The van der Waals surface area contributed by atoms with Gasteiger partial charge in [0.2, 0.25) is 17.6 Å². The summed E-state index contributed by atoms with van der Waals surface area (Å²) in [5, 5.41) is 8.33. The SMILES string of the molecule is CC(OC(=O)[C@H](CC(C)(C)C)NC(=O)N[C@H](C(=O)N1CC[C@H](C(C)C)[C@H]1C(=O)NC(CC1CC1)C(=O)C(N)=O)C(C)(C)C)C1CC1. The summed E-state index contributed by atoms with van der Waals surface area (Å²) in [6.45, 7) is 17.4. The number of Topliss-reactive ketones (excluding diaryl/α,β-unsaturated/α-hetero) is 1. The Hall–Kier alpha value is -3.18. The van der Waals surface area contributed by atoms with Crippen LogP contribution in [-0.4, -0.2) is 77.2 Å². The van der Waals surface area contributed by atoms with Crippen LogP contribution in [0, 0.1) is 34.5 Å². The fourth-order valence-corrected chi connectivity index (χ4v) is 6.32. The number of carbonyl (C=O) groups excluding carboxylic acids is 6. The molecule has 5 amide bonds. The van der Waals surface area contributed by atoms with E-state index >= 15 is 0 Å². The molecule has 0 aromatic carbocycles. The zero-order chi connectivity index (χ0) is 34.7. The maximum absolute atomic E-state index is 14.3. The van der Waals surface area contributed by atoms with Crippen LogP contribution in [0.4, 0.5) is 4.79 Å². The van der Waals surface area contributed by atoms with Crippen molar-refractivity contribution in [2.75, 3.05) is 6.54 Å². The van der Waals surface area contributed by atoms with Crippen molar-refractivity contribution < 1.29 is 33.5 Å². The zero-order valence-electron chi connectivity index (χ0n) is 29.2. The molecule has 0 spiro atoms. The number of likely N-dealkylation sites (tertiary alicyclic amines) is 1. The molecule has 3 aliphatic rings. The van der Waals surface area contributed by atoms with Gasteiger partial charge in [-0.3, -0.25) is 19.2 Å². The van der Waals surface area contributed by atoms with E-state index in [1.54, 1.807) is 0 Å². The summed E-state index contributed by atoms with van der Waals surface area (Å²) in [5.74, 6) is -3.01. The van der Waals surface area contributed by atoms with Crippen molar-refractivity contribution >= 4 is 35.5 Å². The standard InChI is InChI=1S/C34H57N5O7/c1-18(2)22-14-15-39(25(22)29(42)36-23(16-20-10-11-20)26(40)28(35)41)30(43)27(34(7,8)9)38-32(45)37-24(17-33(4,5)6)31(44)46-19(3)21-12-13-21/h18-25,27H,10-17H2,1-9H3,(H2,35,41)(H,36,42)(H2,37,38,45)/t19?,22-,23?,24+,25+,27-/m1/s1. The van der Waals surface area contributed by atoms with Crippen molar-refractivity contribution in [2.24, 2.45) is 40.2 Å². The fourth-order valence-electron chi connectivity index (χ4n) is 6.32. The van der Waals surface area contributed by atoms with Crippen LogP contribution in [0.15, 0.2) is 0 Å². The molecule has 1 aliphatic heterocycles. The lowest BCUT2D eigenvalue weighted by atomic mass is 9.84. The first-order valence-electron chi connectivity index (χ1n) is 16.9. The van der Waals surface area contributed by atoms with Crippen molar-refractivity contribution in [3.63, 3.8) is 0 Å². The van der Waals surface area contributed by atoms with E-state index < -0.39 is 65.1 Å². The minimum Gasteiger partial charge on any atom is -0.461 e. The number of esters is 1. The van der Waals surface area contributed by atoms with Crippen molar-refractivity contribution in [1.82, 2.24) is 20.9 Å². The van der Waals surface area contributed by atoms with Gasteiger partial charge in [0.15, 0.2) is 0 Å². The van der Waals surface area contributed by atoms with E-state index in [4.69, 9.17) is 10.5 Å². The molecule has 1 heterocycles. The summed E-state index contributed by atoms with van der Waals surface area (Å²) >= 11 is 0. The number of nitrogens with zero attached hydrogens (tertiary/aromatic N) is 1. The average Bonchev–Trinajstić information content (AvgIpc) is 3.86. The third kappa shape index (κ3) is 10.4. The first-order valence-corrected chi connectivity index (χ1v) is 16.9. The third-order valence-electron chi connectivity index (χ3n) is 9.38. The zero-order valence-corrected chi connectivity index (χ0v) is 29.2. The second-order valence-corrected chi connectivity index (χ2v) is 16.4. The van der Waals surface area contributed by atoms with Gasteiger partial charge in [-0.1, -0.05) is 68.2 Å². The average molecular weight is 648 g/mol. The maximum Gasteiger partial charge on any atom is 0.328 e. The highest BCUT2D eigenvalue weighted by molar-refractivity contribution is 6.37. The van der Waals surface area contributed by atoms with Gasteiger partial charge >= 0.3 is 12.0 Å². The topological polar surface area (TPSA) is 177 Å². The number of hydrogen-bond donors (Lipinski definition) is 4. The molecule has 0 aromatic rings. The number of carbonyl (C=O) groups is 6. The number of primary amides is 1. The molecule has 260 valence electrons. The van der Waals surface area contributed by atoms with E-state index in [-0.39, 0.29) is 35.8 Å². The lowest BCUT2D eigenvalue weighted by Crippen LogP contribution is -2.61. The van der Waals surface area contributed by atoms with Gasteiger partial charge in [-0.2, -0.15) is 0 Å². The lowest BCUT2D eigenvalue weighted by Gasteiger charge is -2.37. The number of rotatable bonds is 14. The van der Waals surface area contributed by atoms with Gasteiger partial charge in [0.05, 0.1) is 6.04 Å². The van der Waals surface area contributed by atoms with Gasteiger partial charge in [-0.25, -0.2) is 9.59 Å². The van der Waals surface area contributed by atoms with Gasteiger partial charge in [0.1, 0.15) is 24.2 Å². The summed E-state index contributed by atoms with van der Waals surface area (Å²) in [6.07, 6.45) is 4.82. The van der Waals surface area contributed by atoms with Gasteiger partial charge in [0.25, 0.3) is 5.91 Å². The Bertz CT molecular complexity index is 1170. The number of ether oxygens (including phenoxy) is 1. The molecule has 0 radical (unpaired) electrons. The maximum atomic E-state index is 14.3. The number of nitrogens with one attached hydrogen (secondary N) is 3. The monoisotopic (exact) mass is 647 g/mol. The quantitative estimate of drug-likeness (QED) is 0.165. The van der Waals surface area contributed by atoms with Gasteiger partial charge in [0, 0.05) is 6.54 Å². The van der Waals surface area contributed by atoms with Crippen molar-refractivity contribution in [1.29, 1.82) is 0 Å². The van der Waals surface area contributed by atoms with Gasteiger partial charge < -0.3 is 31.3 Å². The van der Waals surface area contributed by atoms with Gasteiger partial charge in [-0.05, 0) is 73.5 Å². The molecule has 3 fully saturated rings. The first kappa shape index (κ1) is 37.3. The normalized spacial score (nSPS) is 22.8. The number of urea groups is 1. The van der Waals surface area contributed by atoms with Crippen LogP contribution < -0.4 is 21.7 Å². The molecule has 2 aliphatic carbocycles. The predicted molar refractivity (Wildman–Crippen MR) is 173 cm³/mol. The third-order valence-corrected chi connectivity index (χ3v) is 9.38. The summed E-state index contributed by atoms with van der Waals surface area (Å²) in [4.78, 5) is 80.6. The molecule has 6 atom stereocenters. The van der Waals surface area contributed by atoms with Crippen LogP contribution in [-0.2, 0) is 28.7 Å². The number of nitrogens with two attached hydrogens (primary N) is 1. The highest BCUT2D eigenvalue weighted by Crippen LogP contribution is 2.36. The Morgan fingerprint density at radius 2 is 1.46 bits per heavy atom. The fraction of sp³-hybridized carbons (Fsp3) is 0.824. The van der Waals surface area contributed by atoms with Crippen molar-refractivity contribution in [3.8, 4) is 0 Å². The second-order valence-electron chi connectivity index (χ2n) is 16.4. The molecule has 2 saturated carbocycles. The van der Waals surface area contributed by atoms with Crippen molar-refractivity contribution in [2.45, 2.75) is 138 Å². The molecular formula is C34H57N5O7. The Morgan fingerprint density at radius 3 is 1.93 bits per heavy atom. The van der Waals surface area contributed by atoms with Crippen LogP contribution in [0.3, 0.4) is 0 Å². The van der Waals surface area contributed by atoms with E-state index in [2.05, 4.69) is 16.0 Å². The first-order chi connectivity index (χ1) is 21.2. The largest absolute Gasteiger partial charge is 0.461 e. The molecule has 5 N–H and O–H groups in total. The number of hydrogen-bond acceptors (Lipinski definition) is 7. The number of ketones is 1.